The van der Waals surface area contributed by atoms with E-state index in [-0.39, 0.29) is 0 Å². The Hall–Kier alpha value is -1.60. The van der Waals surface area contributed by atoms with Crippen LogP contribution in [-0.2, 0) is 13.0 Å². The highest BCUT2D eigenvalue weighted by molar-refractivity contribution is 5.30. The largest absolute Gasteiger partial charge is 0.306 e. The molecule has 0 heterocycles. The quantitative estimate of drug-likeness (QED) is 0.832. The van der Waals surface area contributed by atoms with Gasteiger partial charge in [-0.15, -0.1) is 0 Å². The van der Waals surface area contributed by atoms with Gasteiger partial charge in [0.2, 0.25) is 0 Å². The van der Waals surface area contributed by atoms with Crippen molar-refractivity contribution in [2.45, 2.75) is 39.8 Å². The molecule has 0 saturated heterocycles. The highest BCUT2D eigenvalue weighted by atomic mass is 14.9. The highest BCUT2D eigenvalue weighted by Gasteiger charge is 2.08. The zero-order valence-corrected chi connectivity index (χ0v) is 12.1. The molecule has 0 aliphatic heterocycles. The van der Waals surface area contributed by atoms with Crippen LogP contribution < -0.4 is 5.32 Å². The van der Waals surface area contributed by atoms with Crippen molar-refractivity contribution in [1.29, 1.82) is 0 Å². The number of nitrogens with one attached hydrogen (secondary N) is 1. The van der Waals surface area contributed by atoms with E-state index in [2.05, 4.69) is 74.6 Å². The summed E-state index contributed by atoms with van der Waals surface area (Å²) < 4.78 is 0. The molecule has 0 unspecified atom stereocenters. The van der Waals surface area contributed by atoms with Gasteiger partial charge in [-0.2, -0.15) is 0 Å². The minimum atomic E-state index is 0.381. The van der Waals surface area contributed by atoms with Gasteiger partial charge in [-0.1, -0.05) is 55.5 Å². The summed E-state index contributed by atoms with van der Waals surface area (Å²) in [7, 11) is 0. The van der Waals surface area contributed by atoms with Crippen molar-refractivity contribution >= 4 is 0 Å². The molecule has 0 aromatic heterocycles. The molecule has 1 heteroatoms. The first-order valence-electron chi connectivity index (χ1n) is 7.08. The van der Waals surface area contributed by atoms with Crippen LogP contribution in [0.25, 0.3) is 0 Å². The first-order chi connectivity index (χ1) is 9.22. The molecule has 0 aliphatic rings. The molecule has 0 spiro atoms. The van der Waals surface area contributed by atoms with Gasteiger partial charge >= 0.3 is 0 Å². The lowest BCUT2D eigenvalue weighted by atomic mass is 10.0. The van der Waals surface area contributed by atoms with Crippen LogP contribution in [0.3, 0.4) is 0 Å². The lowest BCUT2D eigenvalue weighted by molar-refractivity contribution is 0.570. The van der Waals surface area contributed by atoms with E-state index in [1.54, 1.807) is 0 Å². The van der Waals surface area contributed by atoms with Gasteiger partial charge in [-0.05, 0) is 42.5 Å². The Balaban J connectivity index is 2.04. The zero-order chi connectivity index (χ0) is 13.7. The number of aryl methyl sites for hydroxylation is 2. The average molecular weight is 253 g/mol. The van der Waals surface area contributed by atoms with E-state index in [1.165, 1.54) is 22.3 Å². The van der Waals surface area contributed by atoms with Crippen molar-refractivity contribution in [3.05, 3.63) is 70.8 Å². The molecule has 0 radical (unpaired) electrons. The van der Waals surface area contributed by atoms with Crippen molar-refractivity contribution < 1.29 is 0 Å². The summed E-state index contributed by atoms with van der Waals surface area (Å²) in [4.78, 5) is 0. The second kappa shape index (κ2) is 6.53. The maximum Gasteiger partial charge on any atom is 0.0297 e. The molecule has 0 bridgehead atoms. The number of rotatable bonds is 5. The lowest BCUT2D eigenvalue weighted by Gasteiger charge is -2.17. The van der Waals surface area contributed by atoms with Crippen LogP contribution in [0.15, 0.2) is 48.5 Å². The van der Waals surface area contributed by atoms with Gasteiger partial charge in [0.25, 0.3) is 0 Å². The summed E-state index contributed by atoms with van der Waals surface area (Å²) in [6, 6.07) is 17.6. The maximum absolute atomic E-state index is 3.63. The van der Waals surface area contributed by atoms with Crippen molar-refractivity contribution in [1.82, 2.24) is 5.32 Å². The fourth-order valence-electron chi connectivity index (χ4n) is 2.52. The van der Waals surface area contributed by atoms with E-state index in [0.717, 1.165) is 13.0 Å². The first kappa shape index (κ1) is 13.8. The third kappa shape index (κ3) is 3.45. The summed E-state index contributed by atoms with van der Waals surface area (Å²) in [6.07, 6.45) is 1.09. The van der Waals surface area contributed by atoms with E-state index in [0.29, 0.717) is 6.04 Å². The van der Waals surface area contributed by atoms with E-state index in [4.69, 9.17) is 0 Å². The fourth-order valence-corrected chi connectivity index (χ4v) is 2.52. The van der Waals surface area contributed by atoms with Gasteiger partial charge in [0.1, 0.15) is 0 Å². The molecule has 0 amide bonds. The summed E-state index contributed by atoms with van der Waals surface area (Å²) in [6.45, 7) is 7.55. The normalized spacial score (nSPS) is 12.4. The number of hydrogen-bond donors (Lipinski definition) is 1. The predicted octanol–water partition coefficient (Wildman–Crippen LogP) is 4.41. The molecule has 0 saturated carbocycles. The molecule has 1 nitrogen and oxygen atoms in total. The van der Waals surface area contributed by atoms with Crippen LogP contribution in [0.4, 0.5) is 0 Å². The van der Waals surface area contributed by atoms with Gasteiger partial charge in [0.15, 0.2) is 0 Å². The van der Waals surface area contributed by atoms with Crippen LogP contribution in [0.1, 0.15) is 42.1 Å². The van der Waals surface area contributed by atoms with Gasteiger partial charge < -0.3 is 5.32 Å². The SMILES string of the molecule is CCc1ccccc1CN[C@@H](C)c1ccccc1C. The van der Waals surface area contributed by atoms with E-state index in [1.807, 2.05) is 0 Å². The Morgan fingerprint density at radius 2 is 1.58 bits per heavy atom. The Kier molecular flexibility index (Phi) is 4.75. The van der Waals surface area contributed by atoms with Crippen LogP contribution in [0, 0.1) is 6.92 Å². The molecular weight excluding hydrogens is 230 g/mol. The molecule has 100 valence electrons. The fraction of sp³-hybridized carbons (Fsp3) is 0.333. The maximum atomic E-state index is 3.63. The van der Waals surface area contributed by atoms with Crippen LogP contribution >= 0.6 is 0 Å². The average Bonchev–Trinajstić information content (AvgIpc) is 2.45. The van der Waals surface area contributed by atoms with Gasteiger partial charge in [-0.3, -0.25) is 0 Å². The highest BCUT2D eigenvalue weighted by Crippen LogP contribution is 2.18. The Morgan fingerprint density at radius 3 is 2.26 bits per heavy atom. The van der Waals surface area contributed by atoms with E-state index >= 15 is 0 Å². The second-order valence-electron chi connectivity index (χ2n) is 5.08. The standard InChI is InChI=1S/C18H23N/c1-4-16-10-6-7-11-17(16)13-19-15(3)18-12-8-5-9-14(18)2/h5-12,15,19H,4,13H2,1-3H3/t15-/m0/s1. The number of benzene rings is 2. The van der Waals surface area contributed by atoms with Gasteiger partial charge in [0.05, 0.1) is 0 Å². The van der Waals surface area contributed by atoms with E-state index in [9.17, 15) is 0 Å². The van der Waals surface area contributed by atoms with Crippen molar-refractivity contribution in [2.75, 3.05) is 0 Å². The molecule has 19 heavy (non-hydrogen) atoms. The lowest BCUT2D eigenvalue weighted by Crippen LogP contribution is -2.19. The Morgan fingerprint density at radius 1 is 0.947 bits per heavy atom. The smallest absolute Gasteiger partial charge is 0.0297 e. The van der Waals surface area contributed by atoms with Crippen LogP contribution in [0.5, 0.6) is 0 Å². The molecule has 0 aliphatic carbocycles. The van der Waals surface area contributed by atoms with Crippen LogP contribution in [-0.4, -0.2) is 0 Å². The molecule has 1 atom stereocenters. The van der Waals surface area contributed by atoms with Gasteiger partial charge in [0, 0.05) is 12.6 Å². The number of hydrogen-bond acceptors (Lipinski definition) is 1. The summed E-state index contributed by atoms with van der Waals surface area (Å²) in [5.41, 5.74) is 5.58. The van der Waals surface area contributed by atoms with E-state index < -0.39 is 0 Å². The zero-order valence-electron chi connectivity index (χ0n) is 12.1. The summed E-state index contributed by atoms with van der Waals surface area (Å²) >= 11 is 0. The van der Waals surface area contributed by atoms with Crippen molar-refractivity contribution in [2.24, 2.45) is 0 Å². The monoisotopic (exact) mass is 253 g/mol. The summed E-state index contributed by atoms with van der Waals surface area (Å²) in [5, 5.41) is 3.63. The molecule has 0 fully saturated rings. The second-order valence-corrected chi connectivity index (χ2v) is 5.08. The summed E-state index contributed by atoms with van der Waals surface area (Å²) in [5.74, 6) is 0. The van der Waals surface area contributed by atoms with Crippen molar-refractivity contribution in [3.63, 3.8) is 0 Å². The van der Waals surface area contributed by atoms with Crippen LogP contribution in [0.2, 0.25) is 0 Å². The topological polar surface area (TPSA) is 12.0 Å². The first-order valence-corrected chi connectivity index (χ1v) is 7.08. The Bertz CT molecular complexity index is 531. The molecule has 1 N–H and O–H groups in total. The third-order valence-electron chi connectivity index (χ3n) is 3.75. The third-order valence-corrected chi connectivity index (χ3v) is 3.75. The minimum absolute atomic E-state index is 0.381. The Labute approximate surface area is 116 Å². The molecule has 2 aromatic carbocycles. The van der Waals surface area contributed by atoms with Gasteiger partial charge in [-0.25, -0.2) is 0 Å². The van der Waals surface area contributed by atoms with Crippen molar-refractivity contribution in [3.8, 4) is 0 Å². The molecule has 2 aromatic rings. The predicted molar refractivity (Wildman–Crippen MR) is 82.3 cm³/mol. The molecule has 2 rings (SSSR count). The molecular formula is C18H23N. The minimum Gasteiger partial charge on any atom is -0.306 e.